The number of hydrogen-bond donors (Lipinski definition) is 1. The van der Waals surface area contributed by atoms with E-state index >= 15 is 0 Å². The number of hydrogen-bond acceptors (Lipinski definition) is 6. The average Bonchev–Trinajstić information content (AvgIpc) is 3.21. The van der Waals surface area contributed by atoms with Crippen molar-refractivity contribution >= 4 is 5.91 Å². The maximum absolute atomic E-state index is 11.7. The largest absolute Gasteiger partial charge is 0.494 e. The first-order chi connectivity index (χ1) is 13.7. The van der Waals surface area contributed by atoms with Crippen LogP contribution in [0, 0.1) is 0 Å². The number of nitrogens with one attached hydrogen (secondary N) is 1. The van der Waals surface area contributed by atoms with Crippen molar-refractivity contribution in [2.24, 2.45) is 0 Å². The third kappa shape index (κ3) is 5.09. The van der Waals surface area contributed by atoms with E-state index in [0.29, 0.717) is 29.7 Å². The Balaban J connectivity index is 1.59. The Bertz CT molecular complexity index is 906. The molecule has 1 heterocycles. The van der Waals surface area contributed by atoms with Gasteiger partial charge in [0.05, 0.1) is 6.61 Å². The van der Waals surface area contributed by atoms with Gasteiger partial charge in [-0.25, -0.2) is 0 Å². The molecule has 7 nitrogen and oxygen atoms in total. The fraction of sp³-hybridized carbons (Fsp3) is 0.286. The molecule has 0 spiro atoms. The number of nitrogens with zero attached hydrogens (tertiary/aromatic N) is 2. The molecule has 0 aliphatic heterocycles. The van der Waals surface area contributed by atoms with Crippen molar-refractivity contribution in [3.63, 3.8) is 0 Å². The van der Waals surface area contributed by atoms with Gasteiger partial charge < -0.3 is 19.2 Å². The SMILES string of the molecule is CCCCOc1ccc(-c2nnc(COc3cccc(C(=O)NC)c3)o2)cc1. The number of carbonyl (C=O) groups is 1. The summed E-state index contributed by atoms with van der Waals surface area (Å²) in [6, 6.07) is 14.4. The van der Waals surface area contributed by atoms with Crippen LogP contribution in [0.4, 0.5) is 0 Å². The molecule has 28 heavy (non-hydrogen) atoms. The predicted octanol–water partition coefficient (Wildman–Crippen LogP) is 3.85. The van der Waals surface area contributed by atoms with Crippen molar-refractivity contribution in [3.8, 4) is 23.0 Å². The molecular formula is C21H23N3O4. The van der Waals surface area contributed by atoms with Crippen molar-refractivity contribution < 1.29 is 18.7 Å². The highest BCUT2D eigenvalue weighted by molar-refractivity contribution is 5.94. The fourth-order valence-electron chi connectivity index (χ4n) is 2.47. The lowest BCUT2D eigenvalue weighted by Gasteiger charge is -2.05. The molecule has 0 saturated heterocycles. The van der Waals surface area contributed by atoms with Crippen LogP contribution in [0.3, 0.4) is 0 Å². The highest BCUT2D eigenvalue weighted by atomic mass is 16.5. The van der Waals surface area contributed by atoms with Crippen molar-refractivity contribution in [1.82, 2.24) is 15.5 Å². The number of ether oxygens (including phenoxy) is 2. The fourth-order valence-corrected chi connectivity index (χ4v) is 2.47. The predicted molar refractivity (Wildman–Crippen MR) is 104 cm³/mol. The van der Waals surface area contributed by atoms with Crippen LogP contribution in [-0.2, 0) is 6.61 Å². The number of unbranched alkanes of at least 4 members (excludes halogenated alkanes) is 1. The van der Waals surface area contributed by atoms with Crippen molar-refractivity contribution in [3.05, 3.63) is 60.0 Å². The molecular weight excluding hydrogens is 358 g/mol. The summed E-state index contributed by atoms with van der Waals surface area (Å²) in [6.07, 6.45) is 2.13. The molecule has 0 aliphatic carbocycles. The Kier molecular flexibility index (Phi) is 6.62. The van der Waals surface area contributed by atoms with Crippen LogP contribution in [0.1, 0.15) is 36.0 Å². The van der Waals surface area contributed by atoms with Gasteiger partial charge in [0, 0.05) is 18.2 Å². The second-order valence-electron chi connectivity index (χ2n) is 6.12. The van der Waals surface area contributed by atoms with Gasteiger partial charge in [-0.1, -0.05) is 19.4 Å². The molecule has 2 aromatic carbocycles. The molecule has 7 heteroatoms. The van der Waals surface area contributed by atoms with Crippen LogP contribution in [-0.4, -0.2) is 29.8 Å². The highest BCUT2D eigenvalue weighted by Crippen LogP contribution is 2.22. The minimum Gasteiger partial charge on any atom is -0.494 e. The molecule has 0 saturated carbocycles. The first-order valence-electron chi connectivity index (χ1n) is 9.20. The molecule has 1 amide bonds. The number of carbonyl (C=O) groups excluding carboxylic acids is 1. The Morgan fingerprint density at radius 3 is 2.64 bits per heavy atom. The first kappa shape index (κ1) is 19.4. The molecule has 1 aromatic heterocycles. The van der Waals surface area contributed by atoms with Gasteiger partial charge in [-0.15, -0.1) is 10.2 Å². The minimum absolute atomic E-state index is 0.114. The number of amides is 1. The Morgan fingerprint density at radius 2 is 1.89 bits per heavy atom. The molecule has 0 atom stereocenters. The summed E-state index contributed by atoms with van der Waals surface area (Å²) in [5.41, 5.74) is 1.33. The molecule has 0 fully saturated rings. The Morgan fingerprint density at radius 1 is 1.07 bits per heavy atom. The van der Waals surface area contributed by atoms with Gasteiger partial charge in [0.1, 0.15) is 11.5 Å². The van der Waals surface area contributed by atoms with E-state index in [1.807, 2.05) is 24.3 Å². The highest BCUT2D eigenvalue weighted by Gasteiger charge is 2.10. The molecule has 0 bridgehead atoms. The third-order valence-corrected chi connectivity index (χ3v) is 4.02. The molecule has 3 rings (SSSR count). The zero-order valence-corrected chi connectivity index (χ0v) is 16.0. The lowest BCUT2D eigenvalue weighted by molar-refractivity contribution is 0.0962. The molecule has 146 valence electrons. The topological polar surface area (TPSA) is 86.5 Å². The van der Waals surface area contributed by atoms with Gasteiger partial charge in [0.15, 0.2) is 6.61 Å². The van der Waals surface area contributed by atoms with E-state index in [1.165, 1.54) is 0 Å². The molecule has 1 N–H and O–H groups in total. The van der Waals surface area contributed by atoms with Crippen molar-refractivity contribution in [1.29, 1.82) is 0 Å². The minimum atomic E-state index is -0.173. The summed E-state index contributed by atoms with van der Waals surface area (Å²) in [7, 11) is 1.58. The number of aromatic nitrogens is 2. The second kappa shape index (κ2) is 9.55. The van der Waals surface area contributed by atoms with Crippen LogP contribution < -0.4 is 14.8 Å². The Hall–Kier alpha value is -3.35. The zero-order valence-electron chi connectivity index (χ0n) is 16.0. The van der Waals surface area contributed by atoms with Gasteiger partial charge >= 0.3 is 0 Å². The summed E-state index contributed by atoms with van der Waals surface area (Å²) >= 11 is 0. The number of rotatable bonds is 9. The van der Waals surface area contributed by atoms with E-state index in [1.54, 1.807) is 31.3 Å². The number of benzene rings is 2. The van der Waals surface area contributed by atoms with Crippen molar-refractivity contribution in [2.45, 2.75) is 26.4 Å². The van der Waals surface area contributed by atoms with Crippen LogP contribution in [0.5, 0.6) is 11.5 Å². The van der Waals surface area contributed by atoms with Gasteiger partial charge in [0.2, 0.25) is 5.89 Å². The van der Waals surface area contributed by atoms with E-state index in [2.05, 4.69) is 22.4 Å². The van der Waals surface area contributed by atoms with Crippen LogP contribution >= 0.6 is 0 Å². The molecule has 0 radical (unpaired) electrons. The normalized spacial score (nSPS) is 10.5. The lowest BCUT2D eigenvalue weighted by Crippen LogP contribution is -2.17. The quantitative estimate of drug-likeness (QED) is 0.567. The summed E-state index contributed by atoms with van der Waals surface area (Å²) < 4.78 is 17.0. The third-order valence-electron chi connectivity index (χ3n) is 4.02. The summed E-state index contributed by atoms with van der Waals surface area (Å²) in [5, 5.41) is 10.7. The summed E-state index contributed by atoms with van der Waals surface area (Å²) in [5.74, 6) is 1.96. The van der Waals surface area contributed by atoms with Gasteiger partial charge in [-0.05, 0) is 48.9 Å². The van der Waals surface area contributed by atoms with E-state index < -0.39 is 0 Å². The van der Waals surface area contributed by atoms with Crippen LogP contribution in [0.25, 0.3) is 11.5 Å². The van der Waals surface area contributed by atoms with E-state index in [4.69, 9.17) is 13.9 Å². The van der Waals surface area contributed by atoms with Gasteiger partial charge in [-0.2, -0.15) is 0 Å². The maximum atomic E-state index is 11.7. The van der Waals surface area contributed by atoms with Crippen LogP contribution in [0.15, 0.2) is 52.9 Å². The maximum Gasteiger partial charge on any atom is 0.254 e. The van der Waals surface area contributed by atoms with Gasteiger partial charge in [-0.3, -0.25) is 4.79 Å². The van der Waals surface area contributed by atoms with E-state index in [0.717, 1.165) is 24.2 Å². The van der Waals surface area contributed by atoms with Crippen LogP contribution in [0.2, 0.25) is 0 Å². The smallest absolute Gasteiger partial charge is 0.254 e. The Labute approximate surface area is 163 Å². The molecule has 3 aromatic rings. The molecule has 0 aliphatic rings. The molecule has 0 unspecified atom stereocenters. The summed E-state index contributed by atoms with van der Waals surface area (Å²) in [4.78, 5) is 11.7. The van der Waals surface area contributed by atoms with Crippen molar-refractivity contribution in [2.75, 3.05) is 13.7 Å². The summed E-state index contributed by atoms with van der Waals surface area (Å²) in [6.45, 7) is 2.95. The van der Waals surface area contributed by atoms with E-state index in [9.17, 15) is 4.79 Å². The monoisotopic (exact) mass is 381 g/mol. The zero-order chi connectivity index (χ0) is 19.8. The standard InChI is InChI=1S/C21H23N3O4/c1-3-4-12-26-17-10-8-15(9-11-17)21-24-23-19(28-21)14-27-18-7-5-6-16(13-18)20(25)22-2/h5-11,13H,3-4,12,14H2,1-2H3,(H,22,25). The average molecular weight is 381 g/mol. The first-order valence-corrected chi connectivity index (χ1v) is 9.20. The lowest BCUT2D eigenvalue weighted by atomic mass is 10.2. The van der Waals surface area contributed by atoms with E-state index in [-0.39, 0.29) is 12.5 Å². The second-order valence-corrected chi connectivity index (χ2v) is 6.12. The van der Waals surface area contributed by atoms with Gasteiger partial charge in [0.25, 0.3) is 11.8 Å².